The monoisotopic (exact) mass is 404 g/mol. The van der Waals surface area contributed by atoms with Crippen LogP contribution >= 0.6 is 81.7 Å². The second-order valence-corrected chi connectivity index (χ2v) is 8.64. The van der Waals surface area contributed by atoms with Gasteiger partial charge in [0.2, 0.25) is 0 Å². The molecule has 7 heteroatoms. The van der Waals surface area contributed by atoms with Crippen molar-refractivity contribution in [2.24, 2.45) is 0 Å². The summed E-state index contributed by atoms with van der Waals surface area (Å²) in [5.74, 6) is 7.99. The Morgan fingerprint density at radius 3 is 1.21 bits per heavy atom. The smallest absolute Gasteiger partial charge is 0.0680 e. The van der Waals surface area contributed by atoms with Crippen molar-refractivity contribution in [3.8, 4) is 0 Å². The van der Waals surface area contributed by atoms with E-state index in [0.717, 1.165) is 29.0 Å². The van der Waals surface area contributed by atoms with Gasteiger partial charge in [-0.1, -0.05) is 6.42 Å². The minimum absolute atomic E-state index is 0.659. The van der Waals surface area contributed by atoms with Gasteiger partial charge < -0.3 is 0 Å². The maximum absolute atomic E-state index is 5.56. The zero-order chi connectivity index (χ0) is 14.6. The Balaban J connectivity index is 0. The Bertz CT molecular complexity index is 128. The molecule has 118 valence electrons. The molecule has 0 aliphatic rings. The molecule has 0 rings (SSSR count). The van der Waals surface area contributed by atoms with E-state index < -0.39 is 0 Å². The standard InChI is InChI=1S/C9H18Cl2S2.C3H6Cl2S/c10-4-8-12-6-2-1-3-7-13-9-5-11;4-1-2-6-3-5/h1-9H2;1-3H2. The number of rotatable bonds is 13. The van der Waals surface area contributed by atoms with Gasteiger partial charge in [0, 0.05) is 34.9 Å². The van der Waals surface area contributed by atoms with Gasteiger partial charge in [-0.05, 0) is 24.3 Å². The van der Waals surface area contributed by atoms with Crippen LogP contribution in [0.5, 0.6) is 0 Å². The number of unbranched alkanes of at least 4 members (excludes halogenated alkanes) is 2. The van der Waals surface area contributed by atoms with E-state index in [1.165, 1.54) is 30.8 Å². The predicted octanol–water partition coefficient (Wildman–Crippen LogP) is 6.26. The molecule has 0 aromatic rings. The SMILES string of the molecule is ClCCSCCCCCSCCCl.ClCCSCCl. The molecule has 0 unspecified atom stereocenters. The summed E-state index contributed by atoms with van der Waals surface area (Å²) in [6.45, 7) is 0. The van der Waals surface area contributed by atoms with Crippen LogP contribution in [0.25, 0.3) is 0 Å². The van der Waals surface area contributed by atoms with Gasteiger partial charge in [-0.3, -0.25) is 0 Å². The lowest BCUT2D eigenvalue weighted by molar-refractivity contribution is 0.786. The van der Waals surface area contributed by atoms with Gasteiger partial charge in [0.05, 0.1) is 5.21 Å². The van der Waals surface area contributed by atoms with Crippen LogP contribution in [0.1, 0.15) is 19.3 Å². The lowest BCUT2D eigenvalue weighted by Crippen LogP contribution is -1.88. The number of thioether (sulfide) groups is 3. The van der Waals surface area contributed by atoms with Gasteiger partial charge in [0.15, 0.2) is 0 Å². The van der Waals surface area contributed by atoms with Gasteiger partial charge in [-0.15, -0.1) is 58.2 Å². The molecule has 0 saturated carbocycles. The first-order chi connectivity index (χ1) is 9.33. The highest BCUT2D eigenvalue weighted by Crippen LogP contribution is 2.10. The van der Waals surface area contributed by atoms with Crippen molar-refractivity contribution in [1.82, 2.24) is 0 Å². The first-order valence-corrected chi connectivity index (χ1v) is 11.9. The first kappa shape index (κ1) is 23.5. The summed E-state index contributed by atoms with van der Waals surface area (Å²) < 4.78 is 0. The van der Waals surface area contributed by atoms with Crippen LogP contribution in [0.3, 0.4) is 0 Å². The first-order valence-electron chi connectivity index (χ1n) is 6.30. The zero-order valence-corrected chi connectivity index (χ0v) is 16.7. The summed E-state index contributed by atoms with van der Waals surface area (Å²) >= 11 is 27.3. The summed E-state index contributed by atoms with van der Waals surface area (Å²) in [5.41, 5.74) is 0. The van der Waals surface area contributed by atoms with E-state index in [0.29, 0.717) is 11.1 Å². The van der Waals surface area contributed by atoms with Crippen LogP contribution in [-0.2, 0) is 0 Å². The Kier molecular flexibility index (Phi) is 31.1. The lowest BCUT2D eigenvalue weighted by Gasteiger charge is -2.00. The van der Waals surface area contributed by atoms with E-state index in [2.05, 4.69) is 0 Å². The van der Waals surface area contributed by atoms with Crippen molar-refractivity contribution in [3.63, 3.8) is 0 Å². The highest BCUT2D eigenvalue weighted by molar-refractivity contribution is 8.00. The third kappa shape index (κ3) is 29.0. The van der Waals surface area contributed by atoms with Crippen LogP contribution in [-0.4, -0.2) is 51.6 Å². The molecule has 0 atom stereocenters. The van der Waals surface area contributed by atoms with Crippen molar-refractivity contribution in [2.45, 2.75) is 19.3 Å². The maximum atomic E-state index is 5.56. The van der Waals surface area contributed by atoms with Crippen LogP contribution < -0.4 is 0 Å². The molecule has 0 bridgehead atoms. The molecule has 0 N–H and O–H groups in total. The summed E-state index contributed by atoms with van der Waals surface area (Å²) in [5, 5.41) is 0.659. The number of alkyl halides is 4. The van der Waals surface area contributed by atoms with E-state index in [-0.39, 0.29) is 0 Å². The van der Waals surface area contributed by atoms with Gasteiger partial charge in [-0.25, -0.2) is 0 Å². The number of halogens is 4. The lowest BCUT2D eigenvalue weighted by atomic mass is 10.3. The average Bonchev–Trinajstić information content (AvgIpc) is 2.44. The van der Waals surface area contributed by atoms with Crippen molar-refractivity contribution >= 4 is 81.7 Å². The Hall–Kier alpha value is 2.21. The fourth-order valence-corrected chi connectivity index (χ4v) is 3.98. The predicted molar refractivity (Wildman–Crippen MR) is 104 cm³/mol. The minimum Gasteiger partial charge on any atom is -0.161 e. The molecule has 0 aromatic heterocycles. The van der Waals surface area contributed by atoms with Gasteiger partial charge in [0.25, 0.3) is 0 Å². The van der Waals surface area contributed by atoms with E-state index in [1.54, 1.807) is 11.8 Å². The van der Waals surface area contributed by atoms with Crippen molar-refractivity contribution in [2.75, 3.05) is 51.6 Å². The van der Waals surface area contributed by atoms with E-state index in [1.807, 2.05) is 23.5 Å². The molecule has 0 fully saturated rings. The number of hydrogen-bond donors (Lipinski definition) is 0. The fourth-order valence-electron chi connectivity index (χ4n) is 1.01. The highest BCUT2D eigenvalue weighted by atomic mass is 35.5. The molecule has 0 aliphatic carbocycles. The molecule has 0 aromatic carbocycles. The summed E-state index contributed by atoms with van der Waals surface area (Å²) in [7, 11) is 0. The molecule has 0 aliphatic heterocycles. The molecule has 0 amide bonds. The summed E-state index contributed by atoms with van der Waals surface area (Å²) in [4.78, 5) is 0. The largest absolute Gasteiger partial charge is 0.161 e. The van der Waals surface area contributed by atoms with Crippen LogP contribution in [0, 0.1) is 0 Å². The fraction of sp³-hybridized carbons (Fsp3) is 1.00. The molecule has 0 heterocycles. The molecule has 0 radical (unpaired) electrons. The van der Waals surface area contributed by atoms with Crippen LogP contribution in [0.4, 0.5) is 0 Å². The molecule has 0 spiro atoms. The molecular formula is C12H24Cl4S3. The van der Waals surface area contributed by atoms with Crippen molar-refractivity contribution in [1.29, 1.82) is 0 Å². The molecule has 19 heavy (non-hydrogen) atoms. The summed E-state index contributed by atoms with van der Waals surface area (Å²) in [6.07, 6.45) is 4.02. The minimum atomic E-state index is 0.659. The molecule has 0 saturated heterocycles. The van der Waals surface area contributed by atoms with Crippen LogP contribution in [0.2, 0.25) is 0 Å². The van der Waals surface area contributed by atoms with E-state index >= 15 is 0 Å². The third-order valence-corrected chi connectivity index (χ3v) is 6.31. The van der Waals surface area contributed by atoms with Gasteiger partial charge >= 0.3 is 0 Å². The van der Waals surface area contributed by atoms with Gasteiger partial charge in [-0.2, -0.15) is 23.5 Å². The maximum Gasteiger partial charge on any atom is 0.0680 e. The second-order valence-electron chi connectivity index (χ2n) is 3.37. The highest BCUT2D eigenvalue weighted by Gasteiger charge is 1.91. The zero-order valence-electron chi connectivity index (χ0n) is 11.2. The number of hydrogen-bond acceptors (Lipinski definition) is 3. The second kappa shape index (κ2) is 25.2. The van der Waals surface area contributed by atoms with E-state index in [4.69, 9.17) is 46.4 Å². The third-order valence-electron chi connectivity index (χ3n) is 1.82. The quantitative estimate of drug-likeness (QED) is 0.262. The van der Waals surface area contributed by atoms with Crippen molar-refractivity contribution in [3.05, 3.63) is 0 Å². The Labute approximate surface area is 151 Å². The summed E-state index contributed by atoms with van der Waals surface area (Å²) in [6, 6.07) is 0. The van der Waals surface area contributed by atoms with Crippen molar-refractivity contribution < 1.29 is 0 Å². The average molecular weight is 406 g/mol. The molecular weight excluding hydrogens is 382 g/mol. The van der Waals surface area contributed by atoms with Crippen LogP contribution in [0.15, 0.2) is 0 Å². The Morgan fingerprint density at radius 1 is 0.474 bits per heavy atom. The van der Waals surface area contributed by atoms with E-state index in [9.17, 15) is 0 Å². The van der Waals surface area contributed by atoms with Gasteiger partial charge in [0.1, 0.15) is 0 Å². The Morgan fingerprint density at radius 2 is 0.895 bits per heavy atom. The topological polar surface area (TPSA) is 0 Å². The molecule has 0 nitrogen and oxygen atoms in total. The normalized spacial score (nSPS) is 10.1.